The molecule has 1 spiro atoms. The first-order chi connectivity index (χ1) is 19.0. The number of hydrogen-bond donors (Lipinski definition) is 2. The van der Waals surface area contributed by atoms with Crippen molar-refractivity contribution in [3.63, 3.8) is 0 Å². The number of fused-ring (bicyclic) bond motifs is 6. The van der Waals surface area contributed by atoms with E-state index >= 15 is 0 Å². The molecular weight excluding hydrogens is 488 g/mol. The number of esters is 1. The van der Waals surface area contributed by atoms with Crippen LogP contribution in [0, 0.1) is 0 Å². The van der Waals surface area contributed by atoms with Crippen molar-refractivity contribution in [3.05, 3.63) is 143 Å². The number of rotatable bonds is 3. The van der Waals surface area contributed by atoms with Crippen molar-refractivity contribution >= 4 is 18.1 Å². The zero-order valence-electron chi connectivity index (χ0n) is 20.7. The van der Waals surface area contributed by atoms with Crippen LogP contribution in [0.3, 0.4) is 0 Å². The molecule has 0 amide bonds. The van der Waals surface area contributed by atoms with Gasteiger partial charge in [-0.3, -0.25) is 0 Å². The average Bonchev–Trinajstić information content (AvgIpc) is 3.26. The third-order valence-electron chi connectivity index (χ3n) is 7.29. The van der Waals surface area contributed by atoms with E-state index < -0.39 is 11.6 Å². The Hall–Kier alpha value is -5.29. The molecule has 5 nitrogen and oxygen atoms in total. The molecule has 0 fully saturated rings. The maximum Gasteiger partial charge on any atom is 0.340 e. The van der Waals surface area contributed by atoms with Crippen LogP contribution >= 0.6 is 0 Å². The predicted molar refractivity (Wildman–Crippen MR) is 149 cm³/mol. The van der Waals surface area contributed by atoms with Crippen molar-refractivity contribution in [1.29, 1.82) is 0 Å². The number of benzene rings is 5. The van der Waals surface area contributed by atoms with Gasteiger partial charge in [0, 0.05) is 28.8 Å². The lowest BCUT2D eigenvalue weighted by Gasteiger charge is -2.37. The minimum absolute atomic E-state index is 0.0132. The molecule has 39 heavy (non-hydrogen) atoms. The molecule has 0 unspecified atom stereocenters. The fourth-order valence-electron chi connectivity index (χ4n) is 5.61. The van der Waals surface area contributed by atoms with E-state index in [2.05, 4.69) is 0 Å². The number of hydrogen-bond acceptors (Lipinski definition) is 5. The fourth-order valence-corrected chi connectivity index (χ4v) is 5.61. The summed E-state index contributed by atoms with van der Waals surface area (Å²) >= 11 is 0. The predicted octanol–water partition coefficient (Wildman–Crippen LogP) is 7.50. The number of carbonyl (C=O) groups is 1. The Morgan fingerprint density at radius 3 is 1.92 bits per heavy atom. The van der Waals surface area contributed by atoms with E-state index in [9.17, 15) is 15.0 Å². The Balaban J connectivity index is 1.58. The third kappa shape index (κ3) is 3.51. The summed E-state index contributed by atoms with van der Waals surface area (Å²) in [5.74, 6) is 0.256. The zero-order chi connectivity index (χ0) is 26.6. The highest BCUT2D eigenvalue weighted by Crippen LogP contribution is 2.59. The van der Waals surface area contributed by atoms with Crippen LogP contribution in [0.15, 0.2) is 109 Å². The van der Waals surface area contributed by atoms with E-state index in [1.54, 1.807) is 24.3 Å². The molecule has 2 heterocycles. The molecule has 5 heteroatoms. The van der Waals surface area contributed by atoms with Crippen molar-refractivity contribution in [2.24, 2.45) is 0 Å². The molecule has 2 aliphatic heterocycles. The Bertz CT molecular complexity index is 1740. The number of aromatic hydroxyl groups is 2. The Kier molecular flexibility index (Phi) is 5.07. The number of ether oxygens (including phenoxy) is 2. The summed E-state index contributed by atoms with van der Waals surface area (Å²) in [6.45, 7) is 0. The Labute approximate surface area is 224 Å². The Morgan fingerprint density at radius 2 is 1.28 bits per heavy atom. The monoisotopic (exact) mass is 510 g/mol. The van der Waals surface area contributed by atoms with Gasteiger partial charge >= 0.3 is 5.97 Å². The van der Waals surface area contributed by atoms with E-state index in [-0.39, 0.29) is 11.5 Å². The van der Waals surface area contributed by atoms with Crippen LogP contribution in [0.5, 0.6) is 23.0 Å². The van der Waals surface area contributed by atoms with Gasteiger partial charge in [-0.2, -0.15) is 0 Å². The van der Waals surface area contributed by atoms with E-state index in [1.165, 1.54) is 12.1 Å². The SMILES string of the molecule is O=C1OC2(c3ccc(O)cc3Oc3cc(O)ccc32)c2c(/C=C/c3ccccc3)ccc(-c3ccccc3)c21. The van der Waals surface area contributed by atoms with Crippen molar-refractivity contribution in [2.75, 3.05) is 0 Å². The minimum atomic E-state index is -1.36. The molecule has 0 atom stereocenters. The highest BCUT2D eigenvalue weighted by atomic mass is 16.6. The second-order valence-electron chi connectivity index (χ2n) is 9.60. The van der Waals surface area contributed by atoms with E-state index in [0.29, 0.717) is 33.8 Å². The third-order valence-corrected chi connectivity index (χ3v) is 7.29. The summed E-state index contributed by atoms with van der Waals surface area (Å²) < 4.78 is 12.6. The lowest BCUT2D eigenvalue weighted by Crippen LogP contribution is -2.33. The van der Waals surface area contributed by atoms with Gasteiger partial charge < -0.3 is 19.7 Å². The van der Waals surface area contributed by atoms with Gasteiger partial charge in [0.15, 0.2) is 5.60 Å². The van der Waals surface area contributed by atoms with Crippen molar-refractivity contribution in [3.8, 4) is 34.1 Å². The first-order valence-corrected chi connectivity index (χ1v) is 12.6. The summed E-state index contributed by atoms with van der Waals surface area (Å²) in [5, 5.41) is 20.6. The van der Waals surface area contributed by atoms with E-state index in [0.717, 1.165) is 22.3 Å². The maximum absolute atomic E-state index is 13.9. The van der Waals surface area contributed by atoms with Gasteiger partial charge in [-0.25, -0.2) is 4.79 Å². The molecule has 5 aromatic carbocycles. The van der Waals surface area contributed by atoms with Crippen LogP contribution in [-0.2, 0) is 10.3 Å². The second kappa shape index (κ2) is 8.64. The summed E-state index contributed by atoms with van der Waals surface area (Å²) in [7, 11) is 0. The van der Waals surface area contributed by atoms with Gasteiger partial charge in [-0.15, -0.1) is 0 Å². The van der Waals surface area contributed by atoms with Gasteiger partial charge in [-0.1, -0.05) is 84.9 Å². The molecule has 0 aromatic heterocycles. The molecule has 5 aromatic rings. The van der Waals surface area contributed by atoms with Crippen LogP contribution in [-0.4, -0.2) is 16.2 Å². The molecule has 0 saturated carbocycles. The van der Waals surface area contributed by atoms with Crippen LogP contribution in [0.1, 0.15) is 38.2 Å². The highest BCUT2D eigenvalue weighted by Gasteiger charge is 2.55. The summed E-state index contributed by atoms with van der Waals surface area (Å²) in [6, 6.07) is 33.2. The van der Waals surface area contributed by atoms with Gasteiger partial charge in [-0.05, 0) is 46.5 Å². The Morgan fingerprint density at radius 1 is 0.667 bits per heavy atom. The molecular formula is C34H22O5. The number of carbonyl (C=O) groups excluding carboxylic acids is 1. The molecule has 0 radical (unpaired) electrons. The topological polar surface area (TPSA) is 76.0 Å². The van der Waals surface area contributed by atoms with Crippen LogP contribution in [0.25, 0.3) is 23.3 Å². The number of phenolic OH excluding ortho intramolecular Hbond substituents is 2. The zero-order valence-corrected chi connectivity index (χ0v) is 20.7. The van der Waals surface area contributed by atoms with Crippen molar-refractivity contribution in [2.45, 2.75) is 5.60 Å². The molecule has 0 bridgehead atoms. The minimum Gasteiger partial charge on any atom is -0.508 e. The summed E-state index contributed by atoms with van der Waals surface area (Å²) in [6.07, 6.45) is 3.99. The quantitative estimate of drug-likeness (QED) is 0.194. The molecule has 188 valence electrons. The molecule has 7 rings (SSSR count). The summed E-state index contributed by atoms with van der Waals surface area (Å²) in [5.41, 5.74) is 4.44. The van der Waals surface area contributed by atoms with Crippen LogP contribution in [0.2, 0.25) is 0 Å². The normalized spacial score (nSPS) is 14.4. The van der Waals surface area contributed by atoms with E-state index in [1.807, 2.05) is 84.9 Å². The van der Waals surface area contributed by atoms with Crippen molar-refractivity contribution in [1.82, 2.24) is 0 Å². The molecule has 2 N–H and O–H groups in total. The first-order valence-electron chi connectivity index (χ1n) is 12.6. The molecule has 2 aliphatic rings. The molecule has 0 saturated heterocycles. The highest BCUT2D eigenvalue weighted by molar-refractivity contribution is 6.05. The van der Waals surface area contributed by atoms with E-state index in [4.69, 9.17) is 9.47 Å². The average molecular weight is 511 g/mol. The second-order valence-corrected chi connectivity index (χ2v) is 9.60. The van der Waals surface area contributed by atoms with Gasteiger partial charge in [0.25, 0.3) is 0 Å². The molecule has 0 aliphatic carbocycles. The standard InChI is InChI=1S/C34H22O5/c35-24-14-17-27-29(19-24)38-30-20-25(36)15-18-28(30)34(27)32-23(12-11-21-7-3-1-4-8-21)13-16-26(31(32)33(37)39-34)22-9-5-2-6-10-22/h1-20,35-36H/b12-11+. The largest absolute Gasteiger partial charge is 0.508 e. The van der Waals surface area contributed by atoms with Crippen molar-refractivity contribution < 1.29 is 24.5 Å². The van der Waals surface area contributed by atoms with Gasteiger partial charge in [0.1, 0.15) is 23.0 Å². The van der Waals surface area contributed by atoms with Crippen LogP contribution < -0.4 is 4.74 Å². The maximum atomic E-state index is 13.9. The van der Waals surface area contributed by atoms with Crippen LogP contribution in [0.4, 0.5) is 0 Å². The first kappa shape index (κ1) is 22.9. The lowest BCUT2D eigenvalue weighted by molar-refractivity contribution is 0.0224. The summed E-state index contributed by atoms with van der Waals surface area (Å²) in [4.78, 5) is 13.9. The van der Waals surface area contributed by atoms with Gasteiger partial charge in [0.2, 0.25) is 0 Å². The number of phenols is 2. The van der Waals surface area contributed by atoms with Gasteiger partial charge in [0.05, 0.1) is 5.56 Å². The lowest BCUT2D eigenvalue weighted by atomic mass is 9.74. The fraction of sp³-hybridized carbons (Fsp3) is 0.0294. The smallest absolute Gasteiger partial charge is 0.340 e.